The molecule has 1 aromatic rings. The molecular formula is C10H14ClNO2. The topological polar surface area (TPSA) is 50.2 Å². The van der Waals surface area contributed by atoms with Crippen LogP contribution in [-0.2, 0) is 5.41 Å². The number of hydrogen-bond acceptors (Lipinski definition) is 2. The van der Waals surface area contributed by atoms with Crippen LogP contribution >= 0.6 is 12.4 Å². The zero-order chi connectivity index (χ0) is 10.1. The third-order valence-electron chi connectivity index (χ3n) is 1.74. The summed E-state index contributed by atoms with van der Waals surface area (Å²) in [4.78, 5) is 14.7. The molecule has 0 bridgehead atoms. The summed E-state index contributed by atoms with van der Waals surface area (Å²) in [7, 11) is 0. The Morgan fingerprint density at radius 3 is 2.36 bits per heavy atom. The fourth-order valence-corrected chi connectivity index (χ4v) is 0.972. The largest absolute Gasteiger partial charge is 0.477 e. The molecule has 0 aliphatic carbocycles. The van der Waals surface area contributed by atoms with Crippen molar-refractivity contribution in [3.63, 3.8) is 0 Å². The predicted molar refractivity (Wildman–Crippen MR) is 57.1 cm³/mol. The van der Waals surface area contributed by atoms with Gasteiger partial charge < -0.3 is 5.11 Å². The minimum atomic E-state index is -0.980. The molecule has 0 saturated carbocycles. The first kappa shape index (κ1) is 12.9. The van der Waals surface area contributed by atoms with Crippen molar-refractivity contribution in [1.82, 2.24) is 4.98 Å². The average Bonchev–Trinajstić information content (AvgIpc) is 2.03. The summed E-state index contributed by atoms with van der Waals surface area (Å²) in [5.74, 6) is -0.980. The van der Waals surface area contributed by atoms with Gasteiger partial charge in [-0.05, 0) is 12.1 Å². The highest BCUT2D eigenvalue weighted by Gasteiger charge is 2.16. The van der Waals surface area contributed by atoms with E-state index in [9.17, 15) is 4.79 Å². The molecule has 0 amide bonds. The maximum absolute atomic E-state index is 10.6. The number of aromatic carboxylic acids is 1. The molecule has 4 heteroatoms. The molecule has 1 aromatic heterocycles. The van der Waals surface area contributed by atoms with Crippen LogP contribution in [0.2, 0.25) is 0 Å². The summed E-state index contributed by atoms with van der Waals surface area (Å²) in [6.45, 7) is 6.00. The monoisotopic (exact) mass is 215 g/mol. The van der Waals surface area contributed by atoms with Gasteiger partial charge in [0.1, 0.15) is 5.69 Å². The second-order valence-electron chi connectivity index (χ2n) is 3.96. The molecule has 1 rings (SSSR count). The number of halogens is 1. The maximum Gasteiger partial charge on any atom is 0.354 e. The minimum Gasteiger partial charge on any atom is -0.477 e. The summed E-state index contributed by atoms with van der Waals surface area (Å²) in [5, 5.41) is 8.71. The zero-order valence-corrected chi connectivity index (χ0v) is 9.26. The van der Waals surface area contributed by atoms with Crippen molar-refractivity contribution < 1.29 is 9.90 Å². The van der Waals surface area contributed by atoms with Gasteiger partial charge in [0.25, 0.3) is 0 Å². The highest BCUT2D eigenvalue weighted by atomic mass is 35.5. The summed E-state index contributed by atoms with van der Waals surface area (Å²) < 4.78 is 0. The van der Waals surface area contributed by atoms with Gasteiger partial charge in [-0.1, -0.05) is 26.8 Å². The number of carbonyl (C=O) groups is 1. The number of rotatable bonds is 1. The second kappa shape index (κ2) is 4.42. The molecular weight excluding hydrogens is 202 g/mol. The molecule has 0 aliphatic rings. The van der Waals surface area contributed by atoms with E-state index in [0.717, 1.165) is 5.69 Å². The molecule has 1 N–H and O–H groups in total. The predicted octanol–water partition coefficient (Wildman–Crippen LogP) is 2.50. The Balaban J connectivity index is 0.00000169. The Bertz CT molecular complexity index is 331. The molecule has 78 valence electrons. The Morgan fingerprint density at radius 1 is 1.36 bits per heavy atom. The lowest BCUT2D eigenvalue weighted by Crippen LogP contribution is -2.15. The van der Waals surface area contributed by atoms with Gasteiger partial charge in [0.2, 0.25) is 0 Å². The third-order valence-corrected chi connectivity index (χ3v) is 1.74. The van der Waals surface area contributed by atoms with Crippen LogP contribution in [0.3, 0.4) is 0 Å². The fraction of sp³-hybridized carbons (Fsp3) is 0.400. The van der Waals surface area contributed by atoms with Gasteiger partial charge >= 0.3 is 5.97 Å². The van der Waals surface area contributed by atoms with E-state index in [0.29, 0.717) is 0 Å². The van der Waals surface area contributed by atoms with Crippen molar-refractivity contribution in [2.24, 2.45) is 0 Å². The quantitative estimate of drug-likeness (QED) is 0.783. The van der Waals surface area contributed by atoms with E-state index >= 15 is 0 Å². The Morgan fingerprint density at radius 2 is 1.93 bits per heavy atom. The Kier molecular flexibility index (Phi) is 4.08. The van der Waals surface area contributed by atoms with E-state index in [-0.39, 0.29) is 23.5 Å². The van der Waals surface area contributed by atoms with Crippen molar-refractivity contribution in [1.29, 1.82) is 0 Å². The number of aromatic nitrogens is 1. The molecule has 0 atom stereocenters. The second-order valence-corrected chi connectivity index (χ2v) is 3.96. The van der Waals surface area contributed by atoms with E-state index in [1.807, 2.05) is 26.8 Å². The molecule has 0 spiro atoms. The fourth-order valence-electron chi connectivity index (χ4n) is 0.972. The lowest BCUT2D eigenvalue weighted by atomic mass is 9.91. The van der Waals surface area contributed by atoms with Crippen molar-refractivity contribution in [3.05, 3.63) is 29.6 Å². The molecule has 1 heterocycles. The summed E-state index contributed by atoms with van der Waals surface area (Å²) >= 11 is 0. The first-order chi connectivity index (χ1) is 5.91. The standard InChI is InChI=1S/C10H13NO2.ClH/c1-10(2,3)8-6-4-5-7(11-8)9(12)13;/h4-6H,1-3H3,(H,12,13);1H. The molecule has 0 saturated heterocycles. The van der Waals surface area contributed by atoms with Crippen molar-refractivity contribution in [3.8, 4) is 0 Å². The van der Waals surface area contributed by atoms with E-state index < -0.39 is 5.97 Å². The first-order valence-corrected chi connectivity index (χ1v) is 4.12. The average molecular weight is 216 g/mol. The van der Waals surface area contributed by atoms with Gasteiger partial charge in [0.05, 0.1) is 0 Å². The van der Waals surface area contributed by atoms with Gasteiger partial charge in [-0.15, -0.1) is 12.4 Å². The van der Waals surface area contributed by atoms with Crippen LogP contribution in [0.15, 0.2) is 18.2 Å². The third kappa shape index (κ3) is 3.00. The summed E-state index contributed by atoms with van der Waals surface area (Å²) in [6.07, 6.45) is 0. The van der Waals surface area contributed by atoms with Gasteiger partial charge in [-0.2, -0.15) is 0 Å². The molecule has 0 aliphatic heterocycles. The normalized spacial score (nSPS) is 10.5. The number of pyridine rings is 1. The molecule has 0 fully saturated rings. The van der Waals surface area contributed by atoms with E-state index in [1.165, 1.54) is 6.07 Å². The van der Waals surface area contributed by atoms with Gasteiger partial charge in [0, 0.05) is 11.1 Å². The van der Waals surface area contributed by atoms with Gasteiger partial charge in [0.15, 0.2) is 0 Å². The molecule has 14 heavy (non-hydrogen) atoms. The lowest BCUT2D eigenvalue weighted by Gasteiger charge is -2.17. The number of hydrogen-bond donors (Lipinski definition) is 1. The van der Waals surface area contributed by atoms with E-state index in [4.69, 9.17) is 5.11 Å². The van der Waals surface area contributed by atoms with E-state index in [1.54, 1.807) is 6.07 Å². The molecule has 0 radical (unpaired) electrons. The number of carboxylic acid groups (broad SMARTS) is 1. The first-order valence-electron chi connectivity index (χ1n) is 4.12. The van der Waals surface area contributed by atoms with Crippen LogP contribution in [-0.4, -0.2) is 16.1 Å². The van der Waals surface area contributed by atoms with Gasteiger partial charge in [-0.25, -0.2) is 9.78 Å². The van der Waals surface area contributed by atoms with Crippen LogP contribution in [0.25, 0.3) is 0 Å². The van der Waals surface area contributed by atoms with Crippen molar-refractivity contribution in [2.45, 2.75) is 26.2 Å². The zero-order valence-electron chi connectivity index (χ0n) is 8.44. The SMILES string of the molecule is CC(C)(C)c1cccc(C(=O)O)n1.Cl. The molecule has 3 nitrogen and oxygen atoms in total. The minimum absolute atomic E-state index is 0. The van der Waals surface area contributed by atoms with Crippen LogP contribution in [0.1, 0.15) is 37.0 Å². The van der Waals surface area contributed by atoms with Gasteiger partial charge in [-0.3, -0.25) is 0 Å². The van der Waals surface area contributed by atoms with Crippen molar-refractivity contribution in [2.75, 3.05) is 0 Å². The van der Waals surface area contributed by atoms with Crippen molar-refractivity contribution >= 4 is 18.4 Å². The lowest BCUT2D eigenvalue weighted by molar-refractivity contribution is 0.0690. The number of nitrogens with zero attached hydrogens (tertiary/aromatic N) is 1. The van der Waals surface area contributed by atoms with Crippen LogP contribution < -0.4 is 0 Å². The maximum atomic E-state index is 10.6. The molecule has 0 unspecified atom stereocenters. The Labute approximate surface area is 89.6 Å². The highest BCUT2D eigenvalue weighted by molar-refractivity contribution is 5.85. The van der Waals surface area contributed by atoms with Crippen LogP contribution in [0, 0.1) is 0 Å². The molecule has 0 aromatic carbocycles. The number of carboxylic acids is 1. The van der Waals surface area contributed by atoms with Crippen LogP contribution in [0.4, 0.5) is 0 Å². The summed E-state index contributed by atoms with van der Waals surface area (Å²) in [5.41, 5.74) is 0.797. The Hall–Kier alpha value is -1.09. The van der Waals surface area contributed by atoms with E-state index in [2.05, 4.69) is 4.98 Å². The smallest absolute Gasteiger partial charge is 0.354 e. The summed E-state index contributed by atoms with van der Waals surface area (Å²) in [6, 6.07) is 5.06. The highest BCUT2D eigenvalue weighted by Crippen LogP contribution is 2.19. The van der Waals surface area contributed by atoms with Crippen LogP contribution in [0.5, 0.6) is 0 Å².